The zero-order valence-electron chi connectivity index (χ0n) is 15.5. The van der Waals surface area contributed by atoms with E-state index in [0.29, 0.717) is 6.54 Å². The Bertz CT molecular complexity index is 698. The Kier molecular flexibility index (Phi) is 6.59. The summed E-state index contributed by atoms with van der Waals surface area (Å²) in [5, 5.41) is 12.9. The molecule has 0 unspecified atom stereocenters. The number of anilines is 1. The van der Waals surface area contributed by atoms with Crippen molar-refractivity contribution in [3.05, 3.63) is 65.2 Å². The Hall–Kier alpha value is -2.33. The summed E-state index contributed by atoms with van der Waals surface area (Å²) < 4.78 is 0. The van der Waals surface area contributed by atoms with E-state index in [4.69, 9.17) is 0 Å². The first-order valence-corrected chi connectivity index (χ1v) is 8.72. The number of carbonyl (C=O) groups excluding carboxylic acids is 1. The van der Waals surface area contributed by atoms with E-state index in [1.165, 1.54) is 0 Å². The van der Waals surface area contributed by atoms with Gasteiger partial charge in [-0.05, 0) is 42.5 Å². The highest BCUT2D eigenvalue weighted by Crippen LogP contribution is 2.21. The first kappa shape index (κ1) is 19.0. The summed E-state index contributed by atoms with van der Waals surface area (Å²) in [7, 11) is 0. The van der Waals surface area contributed by atoms with Crippen molar-refractivity contribution in [2.45, 2.75) is 40.3 Å². The van der Waals surface area contributed by atoms with Gasteiger partial charge in [0.1, 0.15) is 0 Å². The fourth-order valence-corrected chi connectivity index (χ4v) is 2.86. The first-order chi connectivity index (χ1) is 11.9. The lowest BCUT2D eigenvalue weighted by Gasteiger charge is -2.33. The number of benzene rings is 2. The summed E-state index contributed by atoms with van der Waals surface area (Å²) in [4.78, 5) is 14.7. The number of aryl methyl sites for hydroxylation is 1. The summed E-state index contributed by atoms with van der Waals surface area (Å²) in [6.07, 6.45) is 0. The maximum atomic E-state index is 13.0. The number of amides is 2. The second kappa shape index (κ2) is 8.67. The normalized spacial score (nSPS) is 12.1. The molecule has 4 nitrogen and oxygen atoms in total. The Morgan fingerprint density at radius 3 is 2.36 bits per heavy atom. The fourth-order valence-electron chi connectivity index (χ4n) is 2.86. The molecular formula is C21H28N2O2. The third-order valence-corrected chi connectivity index (χ3v) is 4.66. The van der Waals surface area contributed by atoms with E-state index in [1.54, 1.807) is 4.90 Å². The molecule has 2 aromatic carbocycles. The maximum Gasteiger partial charge on any atom is 0.322 e. The van der Waals surface area contributed by atoms with Crippen LogP contribution in [0, 0.1) is 19.8 Å². The number of aliphatic hydroxyl groups is 1. The molecule has 2 rings (SSSR count). The molecule has 2 amide bonds. The minimum atomic E-state index is -0.245. The molecule has 4 heteroatoms. The van der Waals surface area contributed by atoms with Gasteiger partial charge in [0, 0.05) is 12.2 Å². The van der Waals surface area contributed by atoms with Gasteiger partial charge in [-0.15, -0.1) is 0 Å². The van der Waals surface area contributed by atoms with Crippen LogP contribution in [0.5, 0.6) is 0 Å². The largest absolute Gasteiger partial charge is 0.394 e. The highest BCUT2D eigenvalue weighted by molar-refractivity contribution is 5.90. The molecule has 0 fully saturated rings. The van der Waals surface area contributed by atoms with Crippen LogP contribution >= 0.6 is 0 Å². The van der Waals surface area contributed by atoms with Crippen molar-refractivity contribution in [3.8, 4) is 0 Å². The summed E-state index contributed by atoms with van der Waals surface area (Å²) in [6, 6.07) is 15.3. The number of urea groups is 1. The monoisotopic (exact) mass is 340 g/mol. The quantitative estimate of drug-likeness (QED) is 0.821. The smallest absolute Gasteiger partial charge is 0.322 e. The van der Waals surface area contributed by atoms with Crippen LogP contribution in [0.2, 0.25) is 0 Å². The molecule has 0 aliphatic carbocycles. The van der Waals surface area contributed by atoms with Gasteiger partial charge < -0.3 is 15.3 Å². The molecule has 2 N–H and O–H groups in total. The standard InChI is InChI=1S/C21H28N2O2/c1-15(2)20(14-24)23(13-18-10-6-5-7-11-18)21(25)22-19-12-8-9-16(3)17(19)4/h5-12,15,20,24H,13-14H2,1-4H3,(H,22,25)/t20-/m1/s1. The molecule has 0 aliphatic heterocycles. The minimum Gasteiger partial charge on any atom is -0.394 e. The average molecular weight is 340 g/mol. The van der Waals surface area contributed by atoms with Crippen molar-refractivity contribution in [1.82, 2.24) is 4.90 Å². The van der Waals surface area contributed by atoms with Gasteiger partial charge in [-0.2, -0.15) is 0 Å². The van der Waals surface area contributed by atoms with Crippen LogP contribution in [0.25, 0.3) is 0 Å². The molecule has 0 radical (unpaired) electrons. The summed E-state index contributed by atoms with van der Waals surface area (Å²) in [5.41, 5.74) is 4.04. The predicted octanol–water partition coefficient (Wildman–Crippen LogP) is 4.35. The lowest BCUT2D eigenvalue weighted by atomic mass is 10.0. The number of nitrogens with one attached hydrogen (secondary N) is 1. The predicted molar refractivity (Wildman–Crippen MR) is 103 cm³/mol. The number of aliphatic hydroxyl groups excluding tert-OH is 1. The molecule has 2 aromatic rings. The van der Waals surface area contributed by atoms with Gasteiger partial charge in [-0.1, -0.05) is 56.3 Å². The van der Waals surface area contributed by atoms with Crippen LogP contribution in [-0.4, -0.2) is 28.7 Å². The van der Waals surface area contributed by atoms with Gasteiger partial charge in [-0.3, -0.25) is 0 Å². The Labute approximate surface area is 150 Å². The number of carbonyl (C=O) groups is 1. The van der Waals surface area contributed by atoms with Crippen molar-refractivity contribution in [3.63, 3.8) is 0 Å². The minimum absolute atomic E-state index is 0.0648. The average Bonchev–Trinajstić information content (AvgIpc) is 2.59. The molecule has 0 heterocycles. The molecule has 0 saturated carbocycles. The summed E-state index contributed by atoms with van der Waals surface area (Å²) >= 11 is 0. The van der Waals surface area contributed by atoms with Gasteiger partial charge in [0.2, 0.25) is 0 Å². The second-order valence-corrected chi connectivity index (χ2v) is 6.79. The fraction of sp³-hybridized carbons (Fsp3) is 0.381. The molecular weight excluding hydrogens is 312 g/mol. The van der Waals surface area contributed by atoms with Crippen molar-refractivity contribution in [2.24, 2.45) is 5.92 Å². The van der Waals surface area contributed by atoms with E-state index in [1.807, 2.05) is 76.2 Å². The lowest BCUT2D eigenvalue weighted by Crippen LogP contribution is -2.47. The molecule has 0 aromatic heterocycles. The summed E-state index contributed by atoms with van der Waals surface area (Å²) in [6.45, 7) is 8.45. The number of hydrogen-bond donors (Lipinski definition) is 2. The molecule has 134 valence electrons. The number of hydrogen-bond acceptors (Lipinski definition) is 2. The highest BCUT2D eigenvalue weighted by atomic mass is 16.3. The molecule has 25 heavy (non-hydrogen) atoms. The van der Waals surface area contributed by atoms with Gasteiger partial charge in [-0.25, -0.2) is 4.79 Å². The molecule has 0 aliphatic rings. The Morgan fingerprint density at radius 2 is 1.76 bits per heavy atom. The van der Waals surface area contributed by atoms with E-state index >= 15 is 0 Å². The zero-order valence-corrected chi connectivity index (χ0v) is 15.5. The van der Waals surface area contributed by atoms with Crippen molar-refractivity contribution in [2.75, 3.05) is 11.9 Å². The molecule has 0 saturated heterocycles. The molecule has 1 atom stereocenters. The van der Waals surface area contributed by atoms with E-state index < -0.39 is 0 Å². The summed E-state index contributed by atoms with van der Waals surface area (Å²) in [5.74, 6) is 0.151. The Balaban J connectivity index is 2.27. The van der Waals surface area contributed by atoms with Crippen LogP contribution in [0.1, 0.15) is 30.5 Å². The van der Waals surface area contributed by atoms with Gasteiger partial charge in [0.25, 0.3) is 0 Å². The second-order valence-electron chi connectivity index (χ2n) is 6.79. The van der Waals surface area contributed by atoms with Crippen molar-refractivity contribution in [1.29, 1.82) is 0 Å². The van der Waals surface area contributed by atoms with Gasteiger partial charge in [0.15, 0.2) is 0 Å². The van der Waals surface area contributed by atoms with E-state index in [9.17, 15) is 9.90 Å². The van der Waals surface area contributed by atoms with Crippen LogP contribution in [-0.2, 0) is 6.54 Å². The Morgan fingerprint density at radius 1 is 1.08 bits per heavy atom. The third kappa shape index (κ3) is 4.83. The van der Waals surface area contributed by atoms with Crippen LogP contribution < -0.4 is 5.32 Å². The van der Waals surface area contributed by atoms with E-state index in [-0.39, 0.29) is 24.6 Å². The van der Waals surface area contributed by atoms with Crippen LogP contribution in [0.15, 0.2) is 48.5 Å². The van der Waals surface area contributed by atoms with Gasteiger partial charge >= 0.3 is 6.03 Å². The van der Waals surface area contributed by atoms with Gasteiger partial charge in [0.05, 0.1) is 12.6 Å². The van der Waals surface area contributed by atoms with Crippen LogP contribution in [0.4, 0.5) is 10.5 Å². The molecule has 0 bridgehead atoms. The number of rotatable bonds is 6. The number of nitrogens with zero attached hydrogens (tertiary/aromatic N) is 1. The molecule has 0 spiro atoms. The van der Waals surface area contributed by atoms with E-state index in [0.717, 1.165) is 22.4 Å². The first-order valence-electron chi connectivity index (χ1n) is 8.72. The van der Waals surface area contributed by atoms with Crippen molar-refractivity contribution < 1.29 is 9.90 Å². The third-order valence-electron chi connectivity index (χ3n) is 4.66. The SMILES string of the molecule is Cc1cccc(NC(=O)N(Cc2ccccc2)[C@H](CO)C(C)C)c1C. The topological polar surface area (TPSA) is 52.6 Å². The lowest BCUT2D eigenvalue weighted by molar-refractivity contribution is 0.110. The van der Waals surface area contributed by atoms with Crippen LogP contribution in [0.3, 0.4) is 0 Å². The van der Waals surface area contributed by atoms with E-state index in [2.05, 4.69) is 5.32 Å². The highest BCUT2D eigenvalue weighted by Gasteiger charge is 2.26. The zero-order chi connectivity index (χ0) is 18.4. The maximum absolute atomic E-state index is 13.0. The van der Waals surface area contributed by atoms with Crippen molar-refractivity contribution >= 4 is 11.7 Å².